The molecule has 0 bridgehead atoms. The number of halogens is 6. The lowest BCUT2D eigenvalue weighted by molar-refractivity contribution is -0.211. The lowest BCUT2D eigenvalue weighted by Gasteiger charge is -2.37. The number of carbonyl (C=O) groups is 2. The number of amides is 2. The minimum atomic E-state index is -4.53. The first-order valence-electron chi connectivity index (χ1n) is 15.6. The first-order chi connectivity index (χ1) is 23.5. The summed E-state index contributed by atoms with van der Waals surface area (Å²) in [4.78, 5) is 28.0. The fraction of sp³-hybridized carbons (Fsp3) is 0.485. The van der Waals surface area contributed by atoms with Crippen molar-refractivity contribution in [3.8, 4) is 17.0 Å². The number of hydrogen-bond acceptors (Lipinski definition) is 7. The quantitative estimate of drug-likeness (QED) is 0.202. The monoisotopic (exact) mass is 748 g/mol. The average Bonchev–Trinajstić information content (AvgIpc) is 3.38. The van der Waals surface area contributed by atoms with Gasteiger partial charge in [0.05, 0.1) is 22.2 Å². The van der Waals surface area contributed by atoms with Gasteiger partial charge in [0, 0.05) is 25.2 Å². The molecule has 0 radical (unpaired) electrons. The molecule has 3 aromatic rings. The van der Waals surface area contributed by atoms with Crippen molar-refractivity contribution in [2.75, 3.05) is 13.1 Å². The van der Waals surface area contributed by atoms with Crippen molar-refractivity contribution in [1.82, 2.24) is 20.0 Å². The van der Waals surface area contributed by atoms with Crippen LogP contribution < -0.4 is 10.1 Å². The third-order valence-corrected chi connectivity index (χ3v) is 8.58. The highest BCUT2D eigenvalue weighted by molar-refractivity contribution is 7.51. The van der Waals surface area contributed by atoms with Crippen LogP contribution in [-0.2, 0) is 35.9 Å². The largest absolute Gasteiger partial charge is 0.445 e. The Hall–Kier alpha value is -4.05. The Morgan fingerprint density at radius 1 is 1.08 bits per heavy atom. The first kappa shape index (κ1) is 40.4. The molecule has 10 nitrogen and oxygen atoms in total. The summed E-state index contributed by atoms with van der Waals surface area (Å²) >= 11 is 5.90. The number of rotatable bonds is 11. The van der Waals surface area contributed by atoms with Gasteiger partial charge in [-0.05, 0) is 55.4 Å². The normalized spacial score (nSPS) is 16.3. The summed E-state index contributed by atoms with van der Waals surface area (Å²) in [6.07, 6.45) is -4.06. The van der Waals surface area contributed by atoms with Crippen LogP contribution >= 0.6 is 11.6 Å². The van der Waals surface area contributed by atoms with Crippen LogP contribution in [0.15, 0.2) is 48.5 Å². The smallest absolute Gasteiger partial charge is 0.410 e. The minimum absolute atomic E-state index is 0.0332. The molecule has 2 atom stereocenters. The summed E-state index contributed by atoms with van der Waals surface area (Å²) in [7, 11) is 0. The van der Waals surface area contributed by atoms with Gasteiger partial charge in [-0.2, -0.15) is 35.5 Å². The van der Waals surface area contributed by atoms with Crippen LogP contribution in [0, 0.1) is 11.3 Å². The summed E-state index contributed by atoms with van der Waals surface area (Å²) in [5.74, 6) is -0.821. The van der Waals surface area contributed by atoms with Crippen LogP contribution in [0.25, 0.3) is 11.3 Å². The van der Waals surface area contributed by atoms with Crippen LogP contribution in [0.4, 0.5) is 26.7 Å². The topological polar surface area (TPSA) is 120 Å². The Morgan fingerprint density at radius 2 is 1.74 bits per heavy atom. The maximum atomic E-state index is 13.5. The highest BCUT2D eigenvalue weighted by atomic mass is 35.5. The number of nitrogens with one attached hydrogen (secondary N) is 1. The molecule has 17 heteroatoms. The molecule has 1 aromatic heterocycles. The molecule has 2 amide bonds. The number of carbonyl (C=O) groups excluding carboxylic acids is 2. The van der Waals surface area contributed by atoms with Gasteiger partial charge in [-0.15, -0.1) is 0 Å². The van der Waals surface area contributed by atoms with Gasteiger partial charge in [-0.25, -0.2) is 4.79 Å². The van der Waals surface area contributed by atoms with E-state index < -0.39 is 53.9 Å². The molecule has 2 aromatic carbocycles. The van der Waals surface area contributed by atoms with Gasteiger partial charge in [0.2, 0.25) is 0 Å². The van der Waals surface area contributed by atoms with Crippen molar-refractivity contribution in [3.05, 3.63) is 70.4 Å². The van der Waals surface area contributed by atoms with Gasteiger partial charge in [0.15, 0.2) is 5.69 Å². The van der Waals surface area contributed by atoms with E-state index in [1.54, 1.807) is 11.8 Å². The number of aryl methyl sites for hydroxylation is 1. The summed E-state index contributed by atoms with van der Waals surface area (Å²) in [6, 6.07) is 12.7. The van der Waals surface area contributed by atoms with Gasteiger partial charge < -0.3 is 19.7 Å². The Kier molecular flexibility index (Phi) is 14.3. The highest BCUT2D eigenvalue weighted by Gasteiger charge is 2.47. The summed E-state index contributed by atoms with van der Waals surface area (Å²) in [5, 5.41) is 6.95. The Bertz CT molecular complexity index is 1650. The molecule has 0 aliphatic carbocycles. The highest BCUT2D eigenvalue weighted by Crippen LogP contribution is 2.43. The lowest BCUT2D eigenvalue weighted by atomic mass is 9.84. The van der Waals surface area contributed by atoms with Crippen molar-refractivity contribution in [2.45, 2.75) is 78.9 Å². The first-order valence-corrected chi connectivity index (χ1v) is 16.7. The van der Waals surface area contributed by atoms with E-state index in [0.717, 1.165) is 31.9 Å². The zero-order chi connectivity index (χ0) is 37.2. The second-order valence-electron chi connectivity index (χ2n) is 12.4. The van der Waals surface area contributed by atoms with E-state index in [9.17, 15) is 31.5 Å². The third-order valence-electron chi connectivity index (χ3n) is 8.22. The van der Waals surface area contributed by atoms with Crippen molar-refractivity contribution in [2.24, 2.45) is 11.3 Å². The molecule has 1 N–H and O–H groups in total. The number of alkyl halides is 5. The van der Waals surface area contributed by atoms with Crippen molar-refractivity contribution >= 4 is 35.2 Å². The van der Waals surface area contributed by atoms with Gasteiger partial charge >= 0.3 is 30.5 Å². The molecule has 1 aliphatic rings. The van der Waals surface area contributed by atoms with Crippen LogP contribution in [-0.4, -0.2) is 67.0 Å². The molecule has 1 fully saturated rings. The van der Waals surface area contributed by atoms with Gasteiger partial charge in [0.1, 0.15) is 12.4 Å². The standard InChI is InChI=1S/C33H38ClF5N4O4.O2S/c1-5-43-28(24-14-12-22(15-25(24)47-30(35)36)16-32(3,4)33(37,38)39)26(34)27(41-43)29(44)40-17-23-13-11-20(2)18-42(23)31(45)46-19-21-9-7-6-8-10-21;1-3-2/h6-10,12,14-15,20,23,30H,5,11,13,16-19H2,1-4H3,(H,40,44);/t20-,23-;/m1./s1. The zero-order valence-electron chi connectivity index (χ0n) is 27.8. The Balaban J connectivity index is 0.00000217. The predicted molar refractivity (Wildman–Crippen MR) is 175 cm³/mol. The maximum Gasteiger partial charge on any atom is 0.410 e. The second kappa shape index (κ2) is 17.7. The van der Waals surface area contributed by atoms with Crippen LogP contribution in [0.3, 0.4) is 0 Å². The molecular weight excluding hydrogens is 711 g/mol. The molecule has 50 heavy (non-hydrogen) atoms. The van der Waals surface area contributed by atoms with Crippen molar-refractivity contribution in [3.63, 3.8) is 0 Å². The van der Waals surface area contributed by atoms with Gasteiger partial charge in [-0.1, -0.05) is 68.8 Å². The average molecular weight is 749 g/mol. The Morgan fingerprint density at radius 3 is 2.34 bits per heavy atom. The van der Waals surface area contributed by atoms with E-state index in [4.69, 9.17) is 29.5 Å². The minimum Gasteiger partial charge on any atom is -0.445 e. The van der Waals surface area contributed by atoms with E-state index in [1.807, 2.05) is 37.3 Å². The van der Waals surface area contributed by atoms with E-state index in [1.165, 1.54) is 16.8 Å². The number of ether oxygens (including phenoxy) is 2. The maximum absolute atomic E-state index is 13.5. The van der Waals surface area contributed by atoms with E-state index in [-0.39, 0.29) is 59.2 Å². The zero-order valence-corrected chi connectivity index (χ0v) is 29.3. The predicted octanol–water partition coefficient (Wildman–Crippen LogP) is 7.45. The summed E-state index contributed by atoms with van der Waals surface area (Å²) in [6.45, 7) is 3.31. The van der Waals surface area contributed by atoms with Crippen LogP contribution in [0.5, 0.6) is 5.75 Å². The fourth-order valence-corrected chi connectivity index (χ4v) is 5.81. The van der Waals surface area contributed by atoms with Crippen molar-refractivity contribution < 1.29 is 49.4 Å². The number of likely N-dealkylation sites (tertiary alicyclic amines) is 1. The van der Waals surface area contributed by atoms with Crippen LogP contribution in [0.2, 0.25) is 5.02 Å². The molecule has 0 spiro atoms. The van der Waals surface area contributed by atoms with Crippen molar-refractivity contribution in [1.29, 1.82) is 0 Å². The summed E-state index contributed by atoms with van der Waals surface area (Å²) < 4.78 is 95.7. The summed E-state index contributed by atoms with van der Waals surface area (Å²) in [5.41, 5.74) is -1.22. The Labute approximate surface area is 294 Å². The molecule has 2 heterocycles. The SMILES string of the molecule is CCn1nc(C(=O)NC[C@H]2CC[C@@H](C)CN2C(=O)OCc2ccccc2)c(Cl)c1-c1ccc(CC(C)(C)C(F)(F)F)cc1OC(F)F.O=S=O. The van der Waals surface area contributed by atoms with E-state index in [0.29, 0.717) is 13.0 Å². The second-order valence-corrected chi connectivity index (χ2v) is 12.9. The van der Waals surface area contributed by atoms with E-state index in [2.05, 4.69) is 10.4 Å². The molecule has 0 saturated carbocycles. The molecule has 4 rings (SSSR count). The lowest BCUT2D eigenvalue weighted by Crippen LogP contribution is -2.51. The molecule has 1 saturated heterocycles. The molecular formula is C33H38ClF5N4O6S. The number of benzene rings is 2. The molecule has 0 unspecified atom stereocenters. The number of nitrogens with zero attached hydrogens (tertiary/aromatic N) is 3. The van der Waals surface area contributed by atoms with Crippen LogP contribution in [0.1, 0.15) is 62.2 Å². The third kappa shape index (κ3) is 10.5. The number of aromatic nitrogens is 2. The number of hydrogen-bond donors (Lipinski definition) is 1. The molecule has 1 aliphatic heterocycles. The van der Waals surface area contributed by atoms with Gasteiger partial charge in [0.25, 0.3) is 5.91 Å². The number of piperidine rings is 1. The van der Waals surface area contributed by atoms with Gasteiger partial charge in [-0.3, -0.25) is 9.48 Å². The fourth-order valence-electron chi connectivity index (χ4n) is 5.49. The van der Waals surface area contributed by atoms with E-state index >= 15 is 0 Å². The molecule has 274 valence electrons.